The third-order valence-electron chi connectivity index (χ3n) is 4.49. The standard InChI is InChI=1S/C24H21ClN2O3/c1-16-12-20(10-11-23(16)25)29-15-22-9-8-21(30-22)13-19(14-26)24(28)27-17(2)18-6-4-3-5-7-18/h3-13,17H,15H2,1-2H3,(H,27,28). The molecule has 2 aromatic carbocycles. The number of carbonyl (C=O) groups is 1. The third-order valence-corrected chi connectivity index (χ3v) is 4.92. The van der Waals surface area contributed by atoms with Gasteiger partial charge in [0.2, 0.25) is 0 Å². The molecule has 1 atom stereocenters. The van der Waals surface area contributed by atoms with Gasteiger partial charge in [-0.2, -0.15) is 5.26 Å². The van der Waals surface area contributed by atoms with Crippen LogP contribution in [0, 0.1) is 18.3 Å². The van der Waals surface area contributed by atoms with Gasteiger partial charge in [-0.15, -0.1) is 0 Å². The normalized spacial score (nSPS) is 12.1. The summed E-state index contributed by atoms with van der Waals surface area (Å²) in [5, 5.41) is 12.9. The second-order valence-corrected chi connectivity index (χ2v) is 7.19. The third kappa shape index (κ3) is 5.53. The van der Waals surface area contributed by atoms with E-state index in [1.807, 2.05) is 56.3 Å². The molecular formula is C24H21ClN2O3. The first-order chi connectivity index (χ1) is 14.5. The molecule has 0 saturated heterocycles. The average Bonchev–Trinajstić information content (AvgIpc) is 3.21. The number of furan rings is 1. The predicted octanol–water partition coefficient (Wildman–Crippen LogP) is 5.60. The van der Waals surface area contributed by atoms with E-state index >= 15 is 0 Å². The van der Waals surface area contributed by atoms with Crippen LogP contribution >= 0.6 is 11.6 Å². The topological polar surface area (TPSA) is 75.3 Å². The summed E-state index contributed by atoms with van der Waals surface area (Å²) in [5.41, 5.74) is 1.84. The van der Waals surface area contributed by atoms with Crippen LogP contribution in [0.3, 0.4) is 0 Å². The van der Waals surface area contributed by atoms with Gasteiger partial charge in [-0.05, 0) is 55.3 Å². The summed E-state index contributed by atoms with van der Waals surface area (Å²) in [5.74, 6) is 1.20. The van der Waals surface area contributed by atoms with Crippen LogP contribution in [0.15, 0.2) is 70.7 Å². The smallest absolute Gasteiger partial charge is 0.262 e. The van der Waals surface area contributed by atoms with Crippen molar-refractivity contribution < 1.29 is 13.9 Å². The Balaban J connectivity index is 1.63. The van der Waals surface area contributed by atoms with Crippen molar-refractivity contribution in [2.24, 2.45) is 0 Å². The molecule has 0 saturated carbocycles. The molecule has 3 rings (SSSR count). The zero-order valence-electron chi connectivity index (χ0n) is 16.7. The summed E-state index contributed by atoms with van der Waals surface area (Å²) in [6.07, 6.45) is 1.42. The van der Waals surface area contributed by atoms with Gasteiger partial charge in [0.1, 0.15) is 35.5 Å². The van der Waals surface area contributed by atoms with Crippen LogP contribution in [0.4, 0.5) is 0 Å². The Labute approximate surface area is 180 Å². The van der Waals surface area contributed by atoms with E-state index in [9.17, 15) is 10.1 Å². The highest BCUT2D eigenvalue weighted by molar-refractivity contribution is 6.31. The molecule has 1 aromatic heterocycles. The maximum Gasteiger partial charge on any atom is 0.262 e. The van der Waals surface area contributed by atoms with Crippen LogP contribution in [-0.4, -0.2) is 5.91 Å². The van der Waals surface area contributed by atoms with E-state index in [1.54, 1.807) is 24.3 Å². The molecule has 1 amide bonds. The Kier molecular flexibility index (Phi) is 6.95. The number of nitrogens with one attached hydrogen (secondary N) is 1. The molecule has 0 aliphatic carbocycles. The van der Waals surface area contributed by atoms with E-state index in [4.69, 9.17) is 20.8 Å². The van der Waals surface area contributed by atoms with E-state index in [1.165, 1.54) is 6.08 Å². The first kappa shape index (κ1) is 21.2. The highest BCUT2D eigenvalue weighted by Crippen LogP contribution is 2.22. The Hall–Kier alpha value is -3.49. The van der Waals surface area contributed by atoms with Gasteiger partial charge >= 0.3 is 0 Å². The predicted molar refractivity (Wildman–Crippen MR) is 116 cm³/mol. The number of ether oxygens (including phenoxy) is 1. The number of hydrogen-bond donors (Lipinski definition) is 1. The second-order valence-electron chi connectivity index (χ2n) is 6.78. The summed E-state index contributed by atoms with van der Waals surface area (Å²) in [7, 11) is 0. The summed E-state index contributed by atoms with van der Waals surface area (Å²) in [6.45, 7) is 3.98. The fourth-order valence-corrected chi connectivity index (χ4v) is 2.92. The van der Waals surface area contributed by atoms with Gasteiger partial charge < -0.3 is 14.5 Å². The van der Waals surface area contributed by atoms with Crippen LogP contribution in [0.25, 0.3) is 6.08 Å². The first-order valence-electron chi connectivity index (χ1n) is 9.41. The fraction of sp³-hybridized carbons (Fsp3) is 0.167. The first-order valence-corrected chi connectivity index (χ1v) is 9.79. The van der Waals surface area contributed by atoms with E-state index < -0.39 is 5.91 Å². The molecule has 0 radical (unpaired) electrons. The van der Waals surface area contributed by atoms with Gasteiger partial charge in [-0.1, -0.05) is 41.9 Å². The number of rotatable bonds is 7. The van der Waals surface area contributed by atoms with Gasteiger partial charge in [-0.25, -0.2) is 0 Å². The van der Waals surface area contributed by atoms with Crippen LogP contribution in [0.5, 0.6) is 5.75 Å². The van der Waals surface area contributed by atoms with Gasteiger partial charge in [0.05, 0.1) is 6.04 Å². The molecule has 30 heavy (non-hydrogen) atoms. The molecule has 0 fully saturated rings. The lowest BCUT2D eigenvalue weighted by Gasteiger charge is -2.13. The summed E-state index contributed by atoms with van der Waals surface area (Å²) >= 11 is 6.02. The monoisotopic (exact) mass is 420 g/mol. The average molecular weight is 421 g/mol. The number of nitriles is 1. The molecule has 1 unspecified atom stereocenters. The highest BCUT2D eigenvalue weighted by atomic mass is 35.5. The largest absolute Gasteiger partial charge is 0.486 e. The van der Waals surface area contributed by atoms with Gasteiger partial charge in [0.15, 0.2) is 0 Å². The summed E-state index contributed by atoms with van der Waals surface area (Å²) in [4.78, 5) is 12.5. The number of halogens is 1. The minimum absolute atomic E-state index is 0.0343. The maximum absolute atomic E-state index is 12.5. The van der Waals surface area contributed by atoms with E-state index in [-0.39, 0.29) is 18.2 Å². The van der Waals surface area contributed by atoms with Crippen molar-refractivity contribution in [2.75, 3.05) is 0 Å². The van der Waals surface area contributed by atoms with Crippen molar-refractivity contribution in [3.05, 3.63) is 93.9 Å². The van der Waals surface area contributed by atoms with Crippen molar-refractivity contribution in [1.82, 2.24) is 5.32 Å². The van der Waals surface area contributed by atoms with Crippen molar-refractivity contribution in [2.45, 2.75) is 26.5 Å². The quantitative estimate of drug-likeness (QED) is 0.398. The molecule has 6 heteroatoms. The lowest BCUT2D eigenvalue weighted by Crippen LogP contribution is -2.27. The van der Waals surface area contributed by atoms with E-state index in [0.29, 0.717) is 22.3 Å². The molecule has 0 aliphatic heterocycles. The second kappa shape index (κ2) is 9.82. The fourth-order valence-electron chi connectivity index (χ4n) is 2.80. The number of amides is 1. The van der Waals surface area contributed by atoms with Gasteiger partial charge in [0, 0.05) is 11.1 Å². The van der Waals surface area contributed by atoms with E-state index in [0.717, 1.165) is 11.1 Å². The molecule has 152 valence electrons. The SMILES string of the molecule is Cc1cc(OCc2ccc(C=C(C#N)C(=O)NC(C)c3ccccc3)o2)ccc1Cl. The molecule has 1 N–H and O–H groups in total. The maximum atomic E-state index is 12.5. The Morgan fingerprint density at radius 1 is 1.23 bits per heavy atom. The number of hydrogen-bond acceptors (Lipinski definition) is 4. The van der Waals surface area contributed by atoms with Crippen molar-refractivity contribution in [3.8, 4) is 11.8 Å². The van der Waals surface area contributed by atoms with E-state index in [2.05, 4.69) is 5.32 Å². The van der Waals surface area contributed by atoms with Crippen LogP contribution in [0.2, 0.25) is 5.02 Å². The van der Waals surface area contributed by atoms with Gasteiger partial charge in [-0.3, -0.25) is 4.79 Å². The zero-order chi connectivity index (χ0) is 21.5. The number of carbonyl (C=O) groups excluding carboxylic acids is 1. The van der Waals surface area contributed by atoms with Crippen LogP contribution in [-0.2, 0) is 11.4 Å². The Bertz CT molecular complexity index is 1100. The minimum Gasteiger partial charge on any atom is -0.486 e. The number of aryl methyl sites for hydroxylation is 1. The minimum atomic E-state index is -0.459. The Morgan fingerprint density at radius 3 is 2.70 bits per heavy atom. The molecule has 5 nitrogen and oxygen atoms in total. The lowest BCUT2D eigenvalue weighted by molar-refractivity contribution is -0.117. The Morgan fingerprint density at radius 2 is 2.00 bits per heavy atom. The molecule has 0 spiro atoms. The summed E-state index contributed by atoms with van der Waals surface area (Å²) in [6, 6.07) is 20.1. The lowest BCUT2D eigenvalue weighted by atomic mass is 10.1. The molecule has 0 aliphatic rings. The number of nitrogens with zero attached hydrogens (tertiary/aromatic N) is 1. The summed E-state index contributed by atoms with van der Waals surface area (Å²) < 4.78 is 11.4. The van der Waals surface area contributed by atoms with Crippen molar-refractivity contribution in [3.63, 3.8) is 0 Å². The van der Waals surface area contributed by atoms with Crippen molar-refractivity contribution >= 4 is 23.6 Å². The molecule has 3 aromatic rings. The zero-order valence-corrected chi connectivity index (χ0v) is 17.4. The van der Waals surface area contributed by atoms with Crippen molar-refractivity contribution in [1.29, 1.82) is 5.26 Å². The molecular weight excluding hydrogens is 400 g/mol. The molecule has 1 heterocycles. The van der Waals surface area contributed by atoms with Gasteiger partial charge in [0.25, 0.3) is 5.91 Å². The van der Waals surface area contributed by atoms with Crippen LogP contribution < -0.4 is 10.1 Å². The van der Waals surface area contributed by atoms with Crippen LogP contribution in [0.1, 0.15) is 35.6 Å². The molecule has 0 bridgehead atoms. The highest BCUT2D eigenvalue weighted by Gasteiger charge is 2.14. The number of benzene rings is 2.